The lowest BCUT2D eigenvalue weighted by Crippen LogP contribution is -2.18. The summed E-state index contributed by atoms with van der Waals surface area (Å²) in [5.41, 5.74) is 0.352. The predicted octanol–water partition coefficient (Wildman–Crippen LogP) is 2.61. The highest BCUT2D eigenvalue weighted by Gasteiger charge is 2.18. The molecular weight excluding hydrogens is 271 g/mol. The first-order valence-electron chi connectivity index (χ1n) is 5.82. The third-order valence-electron chi connectivity index (χ3n) is 2.71. The number of hydrogen-bond donors (Lipinski definition) is 1. The fourth-order valence-electron chi connectivity index (χ4n) is 1.62. The largest absolute Gasteiger partial charge is 0.377 e. The molecule has 1 aromatic rings. The maximum absolute atomic E-state index is 13.3. The van der Waals surface area contributed by atoms with Crippen LogP contribution in [0.5, 0.6) is 0 Å². The first-order valence-corrected chi connectivity index (χ1v) is 7.55. The summed E-state index contributed by atoms with van der Waals surface area (Å²) in [7, 11) is -0.900. The quantitative estimate of drug-likeness (QED) is 0.645. The van der Waals surface area contributed by atoms with E-state index in [-0.39, 0.29) is 11.7 Å². The Morgan fingerprint density at radius 3 is 2.68 bits per heavy atom. The van der Waals surface area contributed by atoms with Gasteiger partial charge in [-0.1, -0.05) is 0 Å². The van der Waals surface area contributed by atoms with Crippen LogP contribution in [0.2, 0.25) is 0 Å². The number of nitrogens with zero attached hydrogens (tertiary/aromatic N) is 1. The summed E-state index contributed by atoms with van der Waals surface area (Å²) < 4.78 is 24.3. The van der Waals surface area contributed by atoms with Gasteiger partial charge < -0.3 is 5.32 Å². The first-order chi connectivity index (χ1) is 8.81. The Labute approximate surface area is 113 Å². The lowest BCUT2D eigenvalue weighted by molar-refractivity contribution is -0.384. The Hall–Kier alpha value is -1.50. The SMILES string of the molecule is Cc1cc(NC(C)CCS(C)=O)c([N+](=O)[O-])cc1F. The Balaban J connectivity index is 2.90. The zero-order chi connectivity index (χ0) is 14.6. The van der Waals surface area contributed by atoms with Crippen LogP contribution in [-0.4, -0.2) is 27.2 Å². The minimum Gasteiger partial charge on any atom is -0.377 e. The van der Waals surface area contributed by atoms with Crippen LogP contribution in [0.3, 0.4) is 0 Å². The second-order valence-corrected chi connectivity index (χ2v) is 6.04. The molecule has 1 rings (SSSR count). The van der Waals surface area contributed by atoms with Crippen LogP contribution < -0.4 is 5.32 Å². The average molecular weight is 288 g/mol. The second-order valence-electron chi connectivity index (χ2n) is 4.49. The molecule has 0 amide bonds. The molecule has 19 heavy (non-hydrogen) atoms. The number of anilines is 1. The number of benzene rings is 1. The number of nitrogens with one attached hydrogen (secondary N) is 1. The fourth-order valence-corrected chi connectivity index (χ4v) is 2.30. The van der Waals surface area contributed by atoms with Gasteiger partial charge in [-0.25, -0.2) is 4.39 Å². The van der Waals surface area contributed by atoms with E-state index in [9.17, 15) is 18.7 Å². The zero-order valence-electron chi connectivity index (χ0n) is 11.1. The third-order valence-corrected chi connectivity index (χ3v) is 3.52. The van der Waals surface area contributed by atoms with E-state index in [1.165, 1.54) is 6.07 Å². The van der Waals surface area contributed by atoms with Gasteiger partial charge in [0.2, 0.25) is 0 Å². The molecule has 0 aromatic heterocycles. The van der Waals surface area contributed by atoms with Crippen LogP contribution in [-0.2, 0) is 10.8 Å². The molecule has 0 aliphatic carbocycles. The van der Waals surface area contributed by atoms with Crippen molar-refractivity contribution in [1.29, 1.82) is 0 Å². The third kappa shape index (κ3) is 4.59. The minimum absolute atomic E-state index is 0.0764. The average Bonchev–Trinajstić information content (AvgIpc) is 2.30. The maximum Gasteiger partial charge on any atom is 0.295 e. The molecule has 0 spiro atoms. The number of hydrogen-bond acceptors (Lipinski definition) is 4. The number of nitro benzene ring substituents is 1. The molecule has 0 aliphatic heterocycles. The van der Waals surface area contributed by atoms with E-state index >= 15 is 0 Å². The van der Waals surface area contributed by atoms with Crippen LogP contribution in [0.1, 0.15) is 18.9 Å². The molecule has 7 heteroatoms. The van der Waals surface area contributed by atoms with E-state index in [0.717, 1.165) is 6.07 Å². The van der Waals surface area contributed by atoms with Crippen molar-refractivity contribution in [2.45, 2.75) is 26.3 Å². The van der Waals surface area contributed by atoms with E-state index in [1.807, 2.05) is 6.92 Å². The van der Waals surface area contributed by atoms with Gasteiger partial charge in [-0.3, -0.25) is 14.3 Å². The topological polar surface area (TPSA) is 72.2 Å². The van der Waals surface area contributed by atoms with Crippen LogP contribution in [0, 0.1) is 22.9 Å². The van der Waals surface area contributed by atoms with E-state index < -0.39 is 21.5 Å². The fraction of sp³-hybridized carbons (Fsp3) is 0.500. The van der Waals surface area contributed by atoms with Crippen LogP contribution in [0.4, 0.5) is 15.8 Å². The van der Waals surface area contributed by atoms with Crippen molar-refractivity contribution in [2.24, 2.45) is 0 Å². The van der Waals surface area contributed by atoms with Crippen LogP contribution in [0.15, 0.2) is 12.1 Å². The highest BCUT2D eigenvalue weighted by molar-refractivity contribution is 7.84. The summed E-state index contributed by atoms with van der Waals surface area (Å²) in [6, 6.07) is 2.27. The molecule has 0 heterocycles. The molecule has 1 aromatic carbocycles. The Morgan fingerprint density at radius 2 is 2.16 bits per heavy atom. The summed E-state index contributed by atoms with van der Waals surface area (Å²) in [4.78, 5) is 10.3. The molecule has 0 bridgehead atoms. The van der Waals surface area contributed by atoms with Gasteiger partial charge in [0.25, 0.3) is 5.69 Å². The Kier molecular flexibility index (Phi) is 5.41. The summed E-state index contributed by atoms with van der Waals surface area (Å²) in [6.45, 7) is 3.39. The highest BCUT2D eigenvalue weighted by Crippen LogP contribution is 2.28. The maximum atomic E-state index is 13.3. The van der Waals surface area contributed by atoms with Crippen molar-refractivity contribution in [1.82, 2.24) is 0 Å². The van der Waals surface area contributed by atoms with Gasteiger partial charge in [0.15, 0.2) is 0 Å². The van der Waals surface area contributed by atoms with Crippen molar-refractivity contribution in [3.8, 4) is 0 Å². The lowest BCUT2D eigenvalue weighted by atomic mass is 10.1. The monoisotopic (exact) mass is 288 g/mol. The highest BCUT2D eigenvalue weighted by atomic mass is 32.2. The normalized spacial score (nSPS) is 13.9. The molecule has 0 saturated heterocycles. The molecule has 1 N–H and O–H groups in total. The number of aryl methyl sites for hydroxylation is 1. The zero-order valence-corrected chi connectivity index (χ0v) is 11.9. The Bertz CT molecular complexity index is 508. The van der Waals surface area contributed by atoms with Crippen molar-refractivity contribution in [3.05, 3.63) is 33.6 Å². The minimum atomic E-state index is -0.900. The number of nitro groups is 1. The standard InChI is InChI=1S/C12H17FN2O3S/c1-8-6-11(12(15(16)17)7-10(8)13)14-9(2)4-5-19(3)18/h6-7,9,14H,4-5H2,1-3H3. The first kappa shape index (κ1) is 15.6. The van der Waals surface area contributed by atoms with Crippen molar-refractivity contribution < 1.29 is 13.5 Å². The van der Waals surface area contributed by atoms with Gasteiger partial charge in [-0.2, -0.15) is 0 Å². The molecule has 2 atom stereocenters. The molecule has 0 fully saturated rings. The number of rotatable bonds is 6. The van der Waals surface area contributed by atoms with Crippen molar-refractivity contribution in [2.75, 3.05) is 17.3 Å². The molecule has 5 nitrogen and oxygen atoms in total. The Morgan fingerprint density at radius 1 is 1.53 bits per heavy atom. The van der Waals surface area contributed by atoms with Crippen molar-refractivity contribution in [3.63, 3.8) is 0 Å². The molecule has 2 unspecified atom stereocenters. The smallest absolute Gasteiger partial charge is 0.295 e. The van der Waals surface area contributed by atoms with Gasteiger partial charge >= 0.3 is 0 Å². The molecule has 0 aliphatic rings. The van der Waals surface area contributed by atoms with Gasteiger partial charge in [-0.15, -0.1) is 0 Å². The van der Waals surface area contributed by atoms with E-state index in [2.05, 4.69) is 5.32 Å². The molecular formula is C12H17FN2O3S. The van der Waals surface area contributed by atoms with Gasteiger partial charge in [0.05, 0.1) is 11.0 Å². The molecule has 106 valence electrons. The predicted molar refractivity (Wildman–Crippen MR) is 74.4 cm³/mol. The second kappa shape index (κ2) is 6.60. The number of halogens is 1. The summed E-state index contributed by atoms with van der Waals surface area (Å²) in [6.07, 6.45) is 2.23. The van der Waals surface area contributed by atoms with Crippen LogP contribution >= 0.6 is 0 Å². The van der Waals surface area contributed by atoms with Gasteiger partial charge in [0, 0.05) is 28.9 Å². The van der Waals surface area contributed by atoms with Gasteiger partial charge in [0.1, 0.15) is 11.5 Å². The van der Waals surface area contributed by atoms with E-state index in [1.54, 1.807) is 13.2 Å². The summed E-state index contributed by atoms with van der Waals surface area (Å²) in [5, 5.41) is 13.9. The molecule has 0 radical (unpaired) electrons. The van der Waals surface area contributed by atoms with E-state index in [4.69, 9.17) is 0 Å². The van der Waals surface area contributed by atoms with Gasteiger partial charge in [-0.05, 0) is 31.9 Å². The summed E-state index contributed by atoms with van der Waals surface area (Å²) >= 11 is 0. The summed E-state index contributed by atoms with van der Waals surface area (Å²) in [5.74, 6) is -0.0816. The van der Waals surface area contributed by atoms with Crippen LogP contribution in [0.25, 0.3) is 0 Å². The van der Waals surface area contributed by atoms with Crippen molar-refractivity contribution >= 4 is 22.2 Å². The van der Waals surface area contributed by atoms with E-state index in [0.29, 0.717) is 23.4 Å². The lowest BCUT2D eigenvalue weighted by Gasteiger charge is -2.15. The molecule has 0 saturated carbocycles.